The summed E-state index contributed by atoms with van der Waals surface area (Å²) in [7, 11) is 0. The maximum atomic E-state index is 8.58. The maximum absolute atomic E-state index is 8.58. The van der Waals surface area contributed by atoms with Crippen molar-refractivity contribution >= 4 is 51.4 Å². The summed E-state index contributed by atoms with van der Waals surface area (Å²) in [5, 5.41) is 3.97. The van der Waals surface area contributed by atoms with Crippen molar-refractivity contribution in [2.45, 2.75) is 25.3 Å². The molecule has 3 aromatic rings. The molecule has 1 aromatic heterocycles. The third kappa shape index (κ3) is 2.55. The molecule has 1 aliphatic rings. The van der Waals surface area contributed by atoms with Crippen molar-refractivity contribution in [2.75, 3.05) is 0 Å². The Morgan fingerprint density at radius 3 is 1.82 bits per heavy atom. The first-order valence-electron chi connectivity index (χ1n) is 7.19. The van der Waals surface area contributed by atoms with Crippen LogP contribution < -0.4 is 5.73 Å². The van der Waals surface area contributed by atoms with Crippen LogP contribution in [0.3, 0.4) is 0 Å². The van der Waals surface area contributed by atoms with Crippen molar-refractivity contribution in [2.24, 2.45) is 5.73 Å². The van der Waals surface area contributed by atoms with E-state index in [0.717, 1.165) is 10.0 Å². The Bertz CT molecular complexity index is 778. The Labute approximate surface area is 138 Å². The first-order valence-corrected chi connectivity index (χ1v) is 7.95. The molecular formula is C17H16Cl2N2O. The number of aromatic nitrogens is 1. The smallest absolute Gasteiger partial charge is 0.204 e. The van der Waals surface area contributed by atoms with Gasteiger partial charge in [-0.25, -0.2) is 0 Å². The number of hydrogen-bond acceptors (Lipinski definition) is 1. The van der Waals surface area contributed by atoms with Gasteiger partial charge in [-0.05, 0) is 55.7 Å². The van der Waals surface area contributed by atoms with E-state index in [1.165, 1.54) is 41.1 Å². The Morgan fingerprint density at radius 1 is 1.00 bits per heavy atom. The van der Waals surface area contributed by atoms with Gasteiger partial charge in [0.25, 0.3) is 0 Å². The molecule has 2 aromatic carbocycles. The van der Waals surface area contributed by atoms with Crippen molar-refractivity contribution in [3.63, 3.8) is 0 Å². The summed E-state index contributed by atoms with van der Waals surface area (Å²) < 4.78 is 2.46. The van der Waals surface area contributed by atoms with E-state index in [1.807, 2.05) is 24.3 Å². The Hall–Kier alpha value is -1.71. The second-order valence-electron chi connectivity index (χ2n) is 5.41. The third-order valence-electron chi connectivity index (χ3n) is 4.17. The molecule has 0 radical (unpaired) electrons. The fourth-order valence-electron chi connectivity index (χ4n) is 3.04. The molecule has 0 atom stereocenters. The first kappa shape index (κ1) is 15.2. The number of amides is 1. The second kappa shape index (κ2) is 6.19. The summed E-state index contributed by atoms with van der Waals surface area (Å²) in [4.78, 5) is 8.58. The van der Waals surface area contributed by atoms with Gasteiger partial charge in [0.05, 0.1) is 0 Å². The molecule has 3 nitrogen and oxygen atoms in total. The quantitative estimate of drug-likeness (QED) is 0.630. The molecule has 1 aliphatic carbocycles. The van der Waals surface area contributed by atoms with Crippen molar-refractivity contribution in [1.29, 1.82) is 0 Å². The molecule has 5 heteroatoms. The number of carbonyl (C=O) groups is 1. The number of hydrogen-bond donors (Lipinski definition) is 1. The number of fused-ring (bicyclic) bond motifs is 3. The van der Waals surface area contributed by atoms with E-state index >= 15 is 0 Å². The molecule has 0 bridgehead atoms. The van der Waals surface area contributed by atoms with Gasteiger partial charge >= 0.3 is 0 Å². The van der Waals surface area contributed by atoms with Crippen LogP contribution in [0.2, 0.25) is 10.0 Å². The first-order chi connectivity index (χ1) is 10.7. The number of nitrogens with two attached hydrogens (primary N) is 1. The van der Waals surface area contributed by atoms with Gasteiger partial charge in [-0.1, -0.05) is 23.2 Å². The lowest BCUT2D eigenvalue weighted by Gasteiger charge is -2.29. The van der Waals surface area contributed by atoms with Gasteiger partial charge < -0.3 is 10.3 Å². The van der Waals surface area contributed by atoms with Crippen LogP contribution >= 0.6 is 23.2 Å². The Morgan fingerprint density at radius 2 is 1.45 bits per heavy atom. The van der Waals surface area contributed by atoms with E-state index in [1.54, 1.807) is 0 Å². The predicted octanol–water partition coefficient (Wildman–Crippen LogP) is 4.93. The number of primary amides is 1. The van der Waals surface area contributed by atoms with Crippen molar-refractivity contribution < 1.29 is 4.79 Å². The van der Waals surface area contributed by atoms with Crippen LogP contribution in [0.1, 0.15) is 25.3 Å². The van der Waals surface area contributed by atoms with Crippen molar-refractivity contribution in [3.8, 4) is 0 Å². The fraction of sp³-hybridized carbons (Fsp3) is 0.235. The van der Waals surface area contributed by atoms with E-state index < -0.39 is 0 Å². The molecule has 2 N–H and O–H groups in total. The second-order valence-corrected chi connectivity index (χ2v) is 6.29. The number of halogens is 2. The molecule has 22 heavy (non-hydrogen) atoms. The average molecular weight is 335 g/mol. The normalized spacial score (nSPS) is 14.5. The van der Waals surface area contributed by atoms with Crippen LogP contribution in [0.4, 0.5) is 0 Å². The molecule has 0 aliphatic heterocycles. The molecule has 1 heterocycles. The summed E-state index contributed by atoms with van der Waals surface area (Å²) in [6.07, 6.45) is 4.11. The zero-order valence-electron chi connectivity index (χ0n) is 11.9. The van der Waals surface area contributed by atoms with Gasteiger partial charge in [0.2, 0.25) is 6.41 Å². The van der Waals surface area contributed by atoms with Gasteiger partial charge in [-0.15, -0.1) is 0 Å². The maximum Gasteiger partial charge on any atom is 0.204 e. The fourth-order valence-corrected chi connectivity index (χ4v) is 3.38. The van der Waals surface area contributed by atoms with Gasteiger partial charge in [0.15, 0.2) is 0 Å². The number of nitrogens with zero attached hydrogens (tertiary/aromatic N) is 1. The van der Waals surface area contributed by atoms with E-state index in [0.29, 0.717) is 6.04 Å². The third-order valence-corrected chi connectivity index (χ3v) is 4.64. The van der Waals surface area contributed by atoms with Crippen LogP contribution in [0, 0.1) is 0 Å². The van der Waals surface area contributed by atoms with Gasteiger partial charge in [-0.3, -0.25) is 4.79 Å². The molecule has 4 rings (SSSR count). The predicted molar refractivity (Wildman–Crippen MR) is 92.6 cm³/mol. The van der Waals surface area contributed by atoms with E-state index in [2.05, 4.69) is 22.4 Å². The molecule has 114 valence electrons. The largest absolute Gasteiger partial charge is 0.372 e. The lowest BCUT2D eigenvalue weighted by Crippen LogP contribution is -2.16. The molecular weight excluding hydrogens is 319 g/mol. The molecule has 1 fully saturated rings. The van der Waals surface area contributed by atoms with Gasteiger partial charge in [0, 0.05) is 37.9 Å². The highest BCUT2D eigenvalue weighted by molar-refractivity contribution is 6.33. The molecule has 0 unspecified atom stereocenters. The summed E-state index contributed by atoms with van der Waals surface area (Å²) in [5.41, 5.74) is 6.71. The summed E-state index contributed by atoms with van der Waals surface area (Å²) in [6.45, 7) is 0. The lowest BCUT2D eigenvalue weighted by atomic mass is 9.92. The zero-order valence-corrected chi connectivity index (χ0v) is 13.4. The number of carbonyl (C=O) groups excluding carboxylic acids is 1. The zero-order chi connectivity index (χ0) is 15.7. The van der Waals surface area contributed by atoms with E-state index in [9.17, 15) is 0 Å². The molecule has 0 spiro atoms. The standard InChI is InChI=1S/C16H13Cl2N.CH3NO/c17-10-4-6-15-13(8-10)14-9-11(18)5-7-16(14)19(15)12-2-1-3-12;2-1-3/h4-9,12H,1-3H2;1H,(H2,2,3). The summed E-state index contributed by atoms with van der Waals surface area (Å²) in [5.74, 6) is 0. The molecule has 1 amide bonds. The van der Waals surface area contributed by atoms with Crippen LogP contribution in [0.25, 0.3) is 21.8 Å². The Balaban J connectivity index is 0.000000446. The monoisotopic (exact) mass is 334 g/mol. The van der Waals surface area contributed by atoms with E-state index in [-0.39, 0.29) is 6.41 Å². The highest BCUT2D eigenvalue weighted by atomic mass is 35.5. The minimum absolute atomic E-state index is 0.250. The van der Waals surface area contributed by atoms with Crippen LogP contribution in [-0.2, 0) is 4.79 Å². The lowest BCUT2D eigenvalue weighted by molar-refractivity contribution is -0.106. The SMILES string of the molecule is Clc1ccc2c(c1)c1cc(Cl)ccc1n2C1CCC1.NC=O. The summed E-state index contributed by atoms with van der Waals surface area (Å²) in [6, 6.07) is 12.9. The van der Waals surface area contributed by atoms with Gasteiger partial charge in [0.1, 0.15) is 0 Å². The Kier molecular flexibility index (Phi) is 4.27. The minimum atomic E-state index is 0.250. The highest BCUT2D eigenvalue weighted by Gasteiger charge is 2.23. The number of benzene rings is 2. The van der Waals surface area contributed by atoms with Crippen LogP contribution in [0.5, 0.6) is 0 Å². The van der Waals surface area contributed by atoms with Gasteiger partial charge in [-0.2, -0.15) is 0 Å². The van der Waals surface area contributed by atoms with Crippen molar-refractivity contribution in [3.05, 3.63) is 46.4 Å². The summed E-state index contributed by atoms with van der Waals surface area (Å²) >= 11 is 12.3. The highest BCUT2D eigenvalue weighted by Crippen LogP contribution is 2.41. The van der Waals surface area contributed by atoms with Crippen LogP contribution in [0.15, 0.2) is 36.4 Å². The molecule has 0 saturated heterocycles. The van der Waals surface area contributed by atoms with E-state index in [4.69, 9.17) is 28.0 Å². The molecule has 1 saturated carbocycles. The van der Waals surface area contributed by atoms with Crippen molar-refractivity contribution in [1.82, 2.24) is 4.57 Å². The average Bonchev–Trinajstić information content (AvgIpc) is 2.72. The minimum Gasteiger partial charge on any atom is -0.372 e. The van der Waals surface area contributed by atoms with Crippen LogP contribution in [-0.4, -0.2) is 11.0 Å². The number of rotatable bonds is 1. The topological polar surface area (TPSA) is 48.0 Å².